The molecule has 0 amide bonds. The highest BCUT2D eigenvalue weighted by atomic mass is 35.5. The maximum atomic E-state index is 6.13. The molecule has 1 N–H and O–H groups in total. The largest absolute Gasteiger partial charge is 0.458 e. The summed E-state index contributed by atoms with van der Waals surface area (Å²) < 4.78 is 11.5. The number of benzene rings is 1. The standard InChI is InChI=1S/C15H20ClNO2/c1-3-8-18-10-13(17-4-2)14-9-11-6-5-7-12(16)15(11)19-14/h5-7,9,13,17H,3-4,8,10H2,1-2H3. The van der Waals surface area contributed by atoms with E-state index < -0.39 is 0 Å². The van der Waals surface area contributed by atoms with Crippen LogP contribution in [0.15, 0.2) is 28.7 Å². The number of nitrogens with one attached hydrogen (secondary N) is 1. The van der Waals surface area contributed by atoms with Crippen LogP contribution in [0, 0.1) is 0 Å². The van der Waals surface area contributed by atoms with E-state index >= 15 is 0 Å². The number of likely N-dealkylation sites (N-methyl/N-ethyl adjacent to an activating group) is 1. The van der Waals surface area contributed by atoms with E-state index in [1.165, 1.54) is 0 Å². The zero-order valence-corrected chi connectivity index (χ0v) is 12.2. The summed E-state index contributed by atoms with van der Waals surface area (Å²) >= 11 is 6.13. The molecule has 0 saturated carbocycles. The second-order valence-corrected chi connectivity index (χ2v) is 4.90. The molecule has 0 radical (unpaired) electrons. The van der Waals surface area contributed by atoms with Crippen molar-refractivity contribution in [3.8, 4) is 0 Å². The van der Waals surface area contributed by atoms with Crippen molar-refractivity contribution in [1.82, 2.24) is 5.32 Å². The van der Waals surface area contributed by atoms with E-state index in [9.17, 15) is 0 Å². The lowest BCUT2D eigenvalue weighted by Crippen LogP contribution is -2.25. The second-order valence-electron chi connectivity index (χ2n) is 4.49. The molecule has 2 rings (SSSR count). The molecule has 4 heteroatoms. The fraction of sp³-hybridized carbons (Fsp3) is 0.467. The molecule has 19 heavy (non-hydrogen) atoms. The molecule has 0 bridgehead atoms. The normalized spacial score (nSPS) is 13.0. The third-order valence-electron chi connectivity index (χ3n) is 2.94. The molecule has 104 valence electrons. The number of furan rings is 1. The van der Waals surface area contributed by atoms with E-state index in [4.69, 9.17) is 20.8 Å². The molecule has 1 aromatic carbocycles. The van der Waals surface area contributed by atoms with Gasteiger partial charge in [-0.15, -0.1) is 0 Å². The van der Waals surface area contributed by atoms with Crippen molar-refractivity contribution in [2.75, 3.05) is 19.8 Å². The van der Waals surface area contributed by atoms with Gasteiger partial charge in [0.1, 0.15) is 5.76 Å². The molecule has 1 unspecified atom stereocenters. The molecular weight excluding hydrogens is 262 g/mol. The summed E-state index contributed by atoms with van der Waals surface area (Å²) in [4.78, 5) is 0. The number of rotatable bonds is 7. The van der Waals surface area contributed by atoms with Gasteiger partial charge in [0.25, 0.3) is 0 Å². The van der Waals surface area contributed by atoms with Crippen LogP contribution in [-0.2, 0) is 4.74 Å². The first-order valence-electron chi connectivity index (χ1n) is 6.75. The topological polar surface area (TPSA) is 34.4 Å². The predicted molar refractivity (Wildman–Crippen MR) is 78.8 cm³/mol. The van der Waals surface area contributed by atoms with Crippen molar-refractivity contribution in [3.63, 3.8) is 0 Å². The van der Waals surface area contributed by atoms with Gasteiger partial charge in [-0.1, -0.05) is 37.6 Å². The molecule has 2 aromatic rings. The summed E-state index contributed by atoms with van der Waals surface area (Å²) in [5.41, 5.74) is 0.748. The van der Waals surface area contributed by atoms with Gasteiger partial charge in [-0.05, 0) is 25.1 Å². The summed E-state index contributed by atoms with van der Waals surface area (Å²) in [6.07, 6.45) is 1.02. The van der Waals surface area contributed by atoms with Crippen LogP contribution in [0.2, 0.25) is 5.02 Å². The van der Waals surface area contributed by atoms with E-state index in [1.807, 2.05) is 24.3 Å². The summed E-state index contributed by atoms with van der Waals surface area (Å²) in [6, 6.07) is 7.88. The average molecular weight is 282 g/mol. The lowest BCUT2D eigenvalue weighted by Gasteiger charge is -2.15. The van der Waals surface area contributed by atoms with Gasteiger partial charge in [-0.3, -0.25) is 0 Å². The van der Waals surface area contributed by atoms with Crippen molar-refractivity contribution in [3.05, 3.63) is 35.0 Å². The Morgan fingerprint density at radius 1 is 1.37 bits per heavy atom. The number of ether oxygens (including phenoxy) is 1. The van der Waals surface area contributed by atoms with Crippen molar-refractivity contribution >= 4 is 22.6 Å². The van der Waals surface area contributed by atoms with Gasteiger partial charge in [0.15, 0.2) is 5.58 Å². The highest BCUT2D eigenvalue weighted by Crippen LogP contribution is 2.29. The summed E-state index contributed by atoms with van der Waals surface area (Å²) in [6.45, 7) is 6.42. The molecule has 0 aliphatic carbocycles. The van der Waals surface area contributed by atoms with E-state index in [0.29, 0.717) is 11.6 Å². The third-order valence-corrected chi connectivity index (χ3v) is 3.24. The average Bonchev–Trinajstić information content (AvgIpc) is 2.83. The maximum Gasteiger partial charge on any atom is 0.152 e. The second kappa shape index (κ2) is 6.94. The van der Waals surface area contributed by atoms with E-state index in [2.05, 4.69) is 19.2 Å². The predicted octanol–water partition coefficient (Wildman–Crippen LogP) is 4.16. The molecule has 0 saturated heterocycles. The third kappa shape index (κ3) is 3.50. The van der Waals surface area contributed by atoms with Gasteiger partial charge in [0, 0.05) is 12.0 Å². The molecule has 0 aliphatic heterocycles. The van der Waals surface area contributed by atoms with E-state index in [1.54, 1.807) is 0 Å². The van der Waals surface area contributed by atoms with Gasteiger partial charge in [-0.2, -0.15) is 0 Å². The van der Waals surface area contributed by atoms with Crippen molar-refractivity contribution < 1.29 is 9.15 Å². The highest BCUT2D eigenvalue weighted by molar-refractivity contribution is 6.34. The number of halogens is 1. The van der Waals surface area contributed by atoms with Crippen molar-refractivity contribution in [1.29, 1.82) is 0 Å². The van der Waals surface area contributed by atoms with Crippen LogP contribution in [0.5, 0.6) is 0 Å². The van der Waals surface area contributed by atoms with Gasteiger partial charge in [-0.25, -0.2) is 0 Å². The fourth-order valence-electron chi connectivity index (χ4n) is 2.05. The van der Waals surface area contributed by atoms with Gasteiger partial charge < -0.3 is 14.5 Å². The summed E-state index contributed by atoms with van der Waals surface area (Å²) in [5.74, 6) is 0.876. The van der Waals surface area contributed by atoms with Crippen LogP contribution in [0.4, 0.5) is 0 Å². The Hall–Kier alpha value is -1.03. The van der Waals surface area contributed by atoms with Crippen LogP contribution in [0.3, 0.4) is 0 Å². The van der Waals surface area contributed by atoms with Crippen molar-refractivity contribution in [2.45, 2.75) is 26.3 Å². The first-order chi connectivity index (χ1) is 9.26. The van der Waals surface area contributed by atoms with Crippen LogP contribution in [0.1, 0.15) is 32.1 Å². The fourth-order valence-corrected chi connectivity index (χ4v) is 2.27. The molecule has 0 fully saturated rings. The number of hydrogen-bond donors (Lipinski definition) is 1. The number of fused-ring (bicyclic) bond motifs is 1. The van der Waals surface area contributed by atoms with Crippen LogP contribution in [-0.4, -0.2) is 19.8 Å². The SMILES string of the molecule is CCCOCC(NCC)c1cc2cccc(Cl)c2o1. The molecule has 1 aromatic heterocycles. The summed E-state index contributed by atoms with van der Waals surface area (Å²) in [5, 5.41) is 5.05. The van der Waals surface area contributed by atoms with Crippen LogP contribution >= 0.6 is 11.6 Å². The zero-order valence-electron chi connectivity index (χ0n) is 11.4. The Labute approximate surface area is 118 Å². The van der Waals surface area contributed by atoms with Crippen LogP contribution in [0.25, 0.3) is 11.0 Å². The quantitative estimate of drug-likeness (QED) is 0.774. The molecule has 3 nitrogen and oxygen atoms in total. The molecule has 1 heterocycles. The Kier molecular flexibility index (Phi) is 5.25. The van der Waals surface area contributed by atoms with E-state index in [-0.39, 0.29) is 6.04 Å². The van der Waals surface area contributed by atoms with Gasteiger partial charge >= 0.3 is 0 Å². The lowest BCUT2D eigenvalue weighted by atomic mass is 10.2. The lowest BCUT2D eigenvalue weighted by molar-refractivity contribution is 0.106. The van der Waals surface area contributed by atoms with E-state index in [0.717, 1.165) is 36.3 Å². The monoisotopic (exact) mass is 281 g/mol. The van der Waals surface area contributed by atoms with Crippen LogP contribution < -0.4 is 5.32 Å². The number of hydrogen-bond acceptors (Lipinski definition) is 3. The minimum absolute atomic E-state index is 0.0695. The molecule has 0 aliphatic rings. The Morgan fingerprint density at radius 2 is 2.21 bits per heavy atom. The molecule has 0 spiro atoms. The number of para-hydroxylation sites is 1. The first-order valence-corrected chi connectivity index (χ1v) is 7.13. The van der Waals surface area contributed by atoms with Gasteiger partial charge in [0.2, 0.25) is 0 Å². The Balaban J connectivity index is 2.20. The minimum atomic E-state index is 0.0695. The smallest absolute Gasteiger partial charge is 0.152 e. The zero-order chi connectivity index (χ0) is 13.7. The Bertz CT molecular complexity index is 524. The Morgan fingerprint density at radius 3 is 2.89 bits per heavy atom. The maximum absolute atomic E-state index is 6.13. The molecule has 1 atom stereocenters. The highest BCUT2D eigenvalue weighted by Gasteiger charge is 2.16. The first kappa shape index (κ1) is 14.4. The van der Waals surface area contributed by atoms with Gasteiger partial charge in [0.05, 0.1) is 17.7 Å². The molecular formula is C15H20ClNO2. The minimum Gasteiger partial charge on any atom is -0.458 e. The summed E-state index contributed by atoms with van der Waals surface area (Å²) in [7, 11) is 0. The van der Waals surface area contributed by atoms with Crippen molar-refractivity contribution in [2.24, 2.45) is 0 Å².